The molecule has 2 heteroatoms. The Morgan fingerprint density at radius 3 is 0.938 bits per heavy atom. The summed E-state index contributed by atoms with van der Waals surface area (Å²) in [5.74, 6) is 0. The Morgan fingerprint density at radius 2 is 0.625 bits per heavy atom. The van der Waals surface area contributed by atoms with E-state index >= 15 is 0 Å². The molecule has 32 heavy (non-hydrogen) atoms. The van der Waals surface area contributed by atoms with Crippen molar-refractivity contribution < 1.29 is 51.4 Å². The first-order chi connectivity index (χ1) is 14.7. The van der Waals surface area contributed by atoms with Crippen LogP contribution < -0.4 is 51.4 Å². The maximum atomic E-state index is 6.09. The second-order valence-electron chi connectivity index (χ2n) is 9.03. The number of rotatable bonds is 3. The van der Waals surface area contributed by atoms with Gasteiger partial charge in [-0.05, 0) is 87.1 Å². The molecular weight excluding hydrogens is 431 g/mol. The maximum absolute atomic E-state index is 6.09. The van der Waals surface area contributed by atoms with E-state index in [1.54, 1.807) is 0 Å². The summed E-state index contributed by atoms with van der Waals surface area (Å²) in [6.07, 6.45) is 0. The molecule has 0 heterocycles. The minimum Gasteiger partial charge on any atom is -0.779 e. The molecule has 0 amide bonds. The van der Waals surface area contributed by atoms with Gasteiger partial charge in [0.05, 0.1) is 0 Å². The van der Waals surface area contributed by atoms with Crippen LogP contribution in [0.1, 0.15) is 33.4 Å². The van der Waals surface area contributed by atoms with Gasteiger partial charge in [-0.3, -0.25) is 0 Å². The summed E-state index contributed by atoms with van der Waals surface area (Å²) in [6, 6.07) is 24.7. The summed E-state index contributed by atoms with van der Waals surface area (Å²) >= 11 is 6.09. The molecule has 0 saturated heterocycles. The van der Waals surface area contributed by atoms with Gasteiger partial charge in [0.25, 0.3) is 0 Å². The molecule has 0 nitrogen and oxygen atoms in total. The molecule has 0 aromatic heterocycles. The van der Waals surface area contributed by atoms with Gasteiger partial charge in [0, 0.05) is 0 Å². The molecule has 0 spiro atoms. The van der Waals surface area contributed by atoms with E-state index in [1.165, 1.54) is 55.6 Å². The zero-order valence-electron chi connectivity index (χ0n) is 20.3. The maximum Gasteiger partial charge on any atom is 1.00 e. The molecule has 0 aliphatic carbocycles. The minimum atomic E-state index is 0. The predicted octanol–water partition coefficient (Wildman–Crippen LogP) is 5.45. The second kappa shape index (κ2) is 10.3. The van der Waals surface area contributed by atoms with Gasteiger partial charge in [0.1, 0.15) is 0 Å². The third-order valence-electron chi connectivity index (χ3n) is 5.71. The molecule has 0 fully saturated rings. The van der Waals surface area contributed by atoms with Crippen molar-refractivity contribution in [3.63, 3.8) is 0 Å². The number of hydrogen-bond donors (Lipinski definition) is 0. The second-order valence-corrected chi connectivity index (χ2v) is 9.44. The monoisotopic (exact) mass is 460 g/mol. The van der Waals surface area contributed by atoms with Crippen LogP contribution in [0.15, 0.2) is 71.6 Å². The molecule has 4 rings (SSSR count). The van der Waals surface area contributed by atoms with E-state index in [-0.39, 0.29) is 51.4 Å². The molecule has 4 aromatic rings. The standard InChI is InChI=1S/C30H30S.K/c1-18-7-19(2)11-24(10-18)25-16-28(26-12-20(3)8-21(4)13-26)30(31)29(17-25)27-14-22(5)9-23(6)15-27;/h7-17,31H,1-6H3;/q;+1/p-1. The van der Waals surface area contributed by atoms with E-state index in [0.717, 1.165) is 16.0 Å². The van der Waals surface area contributed by atoms with Crippen molar-refractivity contribution >= 4 is 12.6 Å². The summed E-state index contributed by atoms with van der Waals surface area (Å²) in [6.45, 7) is 12.9. The topological polar surface area (TPSA) is 0 Å². The fraction of sp³-hybridized carbons (Fsp3) is 0.200. The van der Waals surface area contributed by atoms with Crippen molar-refractivity contribution in [2.45, 2.75) is 46.4 Å². The van der Waals surface area contributed by atoms with Crippen LogP contribution in [0.5, 0.6) is 0 Å². The SMILES string of the molecule is Cc1cc(C)cc(-c2cc(-c3cc(C)cc(C)c3)c([S-])c(-c3cc(C)cc(C)c3)c2)c1.[K+]. The Labute approximate surface area is 241 Å². The summed E-state index contributed by atoms with van der Waals surface area (Å²) in [4.78, 5) is 0.920. The van der Waals surface area contributed by atoms with Crippen LogP contribution in [0.3, 0.4) is 0 Å². The van der Waals surface area contributed by atoms with Crippen LogP contribution in [0.4, 0.5) is 0 Å². The van der Waals surface area contributed by atoms with Gasteiger partial charge >= 0.3 is 51.4 Å². The van der Waals surface area contributed by atoms with E-state index in [1.807, 2.05) is 0 Å². The smallest absolute Gasteiger partial charge is 0.779 e. The molecule has 0 aliphatic rings. The molecule has 156 valence electrons. The van der Waals surface area contributed by atoms with Gasteiger partial charge in [-0.15, -0.1) is 0 Å². The van der Waals surface area contributed by atoms with Crippen molar-refractivity contribution in [2.24, 2.45) is 0 Å². The average molecular weight is 461 g/mol. The predicted molar refractivity (Wildman–Crippen MR) is 137 cm³/mol. The van der Waals surface area contributed by atoms with Gasteiger partial charge in [0.15, 0.2) is 0 Å². The van der Waals surface area contributed by atoms with Gasteiger partial charge in [-0.1, -0.05) is 88.0 Å². The Morgan fingerprint density at radius 1 is 0.375 bits per heavy atom. The van der Waals surface area contributed by atoms with E-state index in [0.29, 0.717) is 0 Å². The normalized spacial score (nSPS) is 10.7. The fourth-order valence-electron chi connectivity index (χ4n) is 4.63. The zero-order chi connectivity index (χ0) is 22.3. The summed E-state index contributed by atoms with van der Waals surface area (Å²) < 4.78 is 0. The fourth-order valence-corrected chi connectivity index (χ4v) is 4.98. The van der Waals surface area contributed by atoms with Crippen LogP contribution in [-0.2, 0) is 12.6 Å². The number of aryl methyl sites for hydroxylation is 6. The first-order valence-corrected chi connectivity index (χ1v) is 11.2. The number of hydrogen-bond acceptors (Lipinski definition) is 1. The summed E-state index contributed by atoms with van der Waals surface area (Å²) in [7, 11) is 0. The van der Waals surface area contributed by atoms with E-state index in [9.17, 15) is 0 Å². The Bertz CT molecular complexity index is 1170. The summed E-state index contributed by atoms with van der Waals surface area (Å²) in [5, 5.41) is 0. The van der Waals surface area contributed by atoms with Crippen LogP contribution in [-0.4, -0.2) is 0 Å². The van der Waals surface area contributed by atoms with Crippen LogP contribution in [0.25, 0.3) is 33.4 Å². The van der Waals surface area contributed by atoms with Gasteiger partial charge in [-0.25, -0.2) is 0 Å². The number of benzene rings is 4. The molecule has 0 saturated carbocycles. The zero-order valence-corrected chi connectivity index (χ0v) is 24.2. The van der Waals surface area contributed by atoms with E-state index in [4.69, 9.17) is 12.6 Å². The van der Waals surface area contributed by atoms with Crippen molar-refractivity contribution in [1.29, 1.82) is 0 Å². The first kappa shape index (κ1) is 25.4. The molecular formula is C30H29KS. The third-order valence-corrected chi connectivity index (χ3v) is 6.15. The Balaban J connectivity index is 0.00000289. The van der Waals surface area contributed by atoms with Gasteiger partial charge in [-0.2, -0.15) is 4.90 Å². The van der Waals surface area contributed by atoms with Crippen LogP contribution in [0, 0.1) is 41.5 Å². The quantitative estimate of drug-likeness (QED) is 0.289. The first-order valence-electron chi connectivity index (χ1n) is 10.8. The third kappa shape index (κ3) is 5.62. The van der Waals surface area contributed by atoms with Crippen molar-refractivity contribution in [3.8, 4) is 33.4 Å². The van der Waals surface area contributed by atoms with E-state index in [2.05, 4.69) is 108 Å². The van der Waals surface area contributed by atoms with Gasteiger partial charge < -0.3 is 12.6 Å². The molecule has 0 radical (unpaired) electrons. The van der Waals surface area contributed by atoms with Crippen LogP contribution >= 0.6 is 0 Å². The van der Waals surface area contributed by atoms with Crippen LogP contribution in [0.2, 0.25) is 0 Å². The van der Waals surface area contributed by atoms with Gasteiger partial charge in [0.2, 0.25) is 0 Å². The van der Waals surface area contributed by atoms with E-state index < -0.39 is 0 Å². The average Bonchev–Trinajstić information content (AvgIpc) is 2.65. The summed E-state index contributed by atoms with van der Waals surface area (Å²) in [5.41, 5.74) is 14.7. The van der Waals surface area contributed by atoms with Crippen molar-refractivity contribution in [3.05, 3.63) is 100 Å². The largest absolute Gasteiger partial charge is 1.00 e. The van der Waals surface area contributed by atoms with Crippen molar-refractivity contribution in [1.82, 2.24) is 0 Å². The Kier molecular flexibility index (Phi) is 8.19. The molecule has 0 aliphatic heterocycles. The molecule has 0 atom stereocenters. The molecule has 0 N–H and O–H groups in total. The minimum absolute atomic E-state index is 0. The molecule has 0 bridgehead atoms. The molecule has 0 unspecified atom stereocenters. The molecule has 4 aromatic carbocycles. The van der Waals surface area contributed by atoms with Crippen molar-refractivity contribution in [2.75, 3.05) is 0 Å². The Hall–Kier alpha value is -1.26.